The topological polar surface area (TPSA) is 78.5 Å². The number of carbonyl (C=O) groups is 3. The van der Waals surface area contributed by atoms with E-state index in [0.717, 1.165) is 0 Å². The van der Waals surface area contributed by atoms with E-state index in [0.29, 0.717) is 17.5 Å². The Morgan fingerprint density at radius 3 is 2.38 bits per heavy atom. The maximum absolute atomic E-state index is 12.0. The normalized spacial score (nSPS) is 10.4. The lowest BCUT2D eigenvalue weighted by Gasteiger charge is -2.19. The predicted octanol–water partition coefficient (Wildman–Crippen LogP) is 1.95. The number of hydrogen-bond acceptors (Lipinski definition) is 3. The number of amides is 3. The molecule has 132 valence electrons. The monoisotopic (exact) mass is 373 g/mol. The molecule has 0 fully saturated rings. The quantitative estimate of drug-likeness (QED) is 0.766. The molecule has 1 aromatic carbocycles. The van der Waals surface area contributed by atoms with Gasteiger partial charge in [-0.25, -0.2) is 0 Å². The summed E-state index contributed by atoms with van der Waals surface area (Å²) in [4.78, 5) is 37.0. The molecule has 0 atom stereocenters. The SMILES string of the molecule is CC(C)CN(C)C(=O)CNC(=O)CNC(=O)c1ccc(Cl)cc1Cl. The number of nitrogens with zero attached hydrogens (tertiary/aromatic N) is 1. The summed E-state index contributed by atoms with van der Waals surface area (Å²) in [5.74, 6) is -0.794. The van der Waals surface area contributed by atoms with Crippen molar-refractivity contribution in [3.63, 3.8) is 0 Å². The zero-order valence-electron chi connectivity index (χ0n) is 13.9. The second-order valence-electron chi connectivity index (χ2n) is 5.75. The fraction of sp³-hybridized carbons (Fsp3) is 0.438. The second kappa shape index (κ2) is 9.49. The lowest BCUT2D eigenvalue weighted by molar-refractivity contribution is -0.131. The summed E-state index contributed by atoms with van der Waals surface area (Å²) < 4.78 is 0. The first-order chi connectivity index (χ1) is 11.2. The summed E-state index contributed by atoms with van der Waals surface area (Å²) in [6.07, 6.45) is 0. The minimum Gasteiger partial charge on any atom is -0.345 e. The van der Waals surface area contributed by atoms with Crippen LogP contribution in [0.5, 0.6) is 0 Å². The number of benzene rings is 1. The first-order valence-corrected chi connectivity index (χ1v) is 8.20. The highest BCUT2D eigenvalue weighted by Crippen LogP contribution is 2.20. The van der Waals surface area contributed by atoms with Gasteiger partial charge in [0.2, 0.25) is 11.8 Å². The minimum absolute atomic E-state index is 0.111. The summed E-state index contributed by atoms with van der Waals surface area (Å²) in [5, 5.41) is 5.52. The van der Waals surface area contributed by atoms with E-state index in [4.69, 9.17) is 23.2 Å². The van der Waals surface area contributed by atoms with Gasteiger partial charge in [0.05, 0.1) is 23.7 Å². The fourth-order valence-corrected chi connectivity index (χ4v) is 2.44. The van der Waals surface area contributed by atoms with Crippen molar-refractivity contribution in [2.75, 3.05) is 26.7 Å². The van der Waals surface area contributed by atoms with Gasteiger partial charge in [0.15, 0.2) is 0 Å². The zero-order chi connectivity index (χ0) is 18.3. The van der Waals surface area contributed by atoms with Crippen LogP contribution in [0.3, 0.4) is 0 Å². The molecule has 0 saturated carbocycles. The molecule has 0 aromatic heterocycles. The van der Waals surface area contributed by atoms with Crippen molar-refractivity contribution >= 4 is 40.9 Å². The molecular formula is C16H21Cl2N3O3. The standard InChI is InChI=1S/C16H21Cl2N3O3/c1-10(2)9-21(3)15(23)8-19-14(22)7-20-16(24)12-5-4-11(17)6-13(12)18/h4-6,10H,7-9H2,1-3H3,(H,19,22)(H,20,24). The zero-order valence-corrected chi connectivity index (χ0v) is 15.4. The highest BCUT2D eigenvalue weighted by atomic mass is 35.5. The van der Waals surface area contributed by atoms with E-state index >= 15 is 0 Å². The van der Waals surface area contributed by atoms with Gasteiger partial charge in [-0.1, -0.05) is 37.0 Å². The third kappa shape index (κ3) is 6.76. The summed E-state index contributed by atoms with van der Waals surface area (Å²) in [6, 6.07) is 4.45. The van der Waals surface area contributed by atoms with Crippen molar-refractivity contribution in [3.8, 4) is 0 Å². The van der Waals surface area contributed by atoms with Gasteiger partial charge in [0.1, 0.15) is 0 Å². The van der Waals surface area contributed by atoms with Gasteiger partial charge in [-0.3, -0.25) is 14.4 Å². The molecule has 0 aliphatic carbocycles. The van der Waals surface area contributed by atoms with Crippen molar-refractivity contribution in [2.24, 2.45) is 5.92 Å². The Labute approximate surface area is 151 Å². The van der Waals surface area contributed by atoms with Crippen molar-refractivity contribution in [2.45, 2.75) is 13.8 Å². The van der Waals surface area contributed by atoms with E-state index < -0.39 is 11.8 Å². The van der Waals surface area contributed by atoms with Crippen molar-refractivity contribution in [1.29, 1.82) is 0 Å². The molecule has 2 N–H and O–H groups in total. The predicted molar refractivity (Wildman–Crippen MR) is 94.3 cm³/mol. The van der Waals surface area contributed by atoms with Crippen LogP contribution in [-0.2, 0) is 9.59 Å². The van der Waals surface area contributed by atoms with Gasteiger partial charge in [0.25, 0.3) is 5.91 Å². The number of likely N-dealkylation sites (N-methyl/N-ethyl adjacent to an activating group) is 1. The Bertz CT molecular complexity index is 621. The van der Waals surface area contributed by atoms with E-state index in [2.05, 4.69) is 10.6 Å². The number of halogens is 2. The minimum atomic E-state index is -0.491. The van der Waals surface area contributed by atoms with Crippen molar-refractivity contribution < 1.29 is 14.4 Å². The van der Waals surface area contributed by atoms with Crippen LogP contribution in [0.15, 0.2) is 18.2 Å². The van der Waals surface area contributed by atoms with Crippen LogP contribution in [0, 0.1) is 5.92 Å². The number of rotatable bonds is 7. The molecule has 1 rings (SSSR count). The molecule has 0 saturated heterocycles. The maximum Gasteiger partial charge on any atom is 0.253 e. The number of carbonyl (C=O) groups excluding carboxylic acids is 3. The van der Waals surface area contributed by atoms with Crippen molar-refractivity contribution in [3.05, 3.63) is 33.8 Å². The van der Waals surface area contributed by atoms with Crippen molar-refractivity contribution in [1.82, 2.24) is 15.5 Å². The summed E-state index contributed by atoms with van der Waals surface area (Å²) in [7, 11) is 1.68. The molecule has 0 aliphatic rings. The van der Waals surface area contributed by atoms with Crippen LogP contribution in [-0.4, -0.2) is 49.3 Å². The molecule has 24 heavy (non-hydrogen) atoms. The molecule has 0 aliphatic heterocycles. The number of nitrogens with one attached hydrogen (secondary N) is 2. The third-order valence-corrected chi connectivity index (χ3v) is 3.63. The van der Waals surface area contributed by atoms with Gasteiger partial charge >= 0.3 is 0 Å². The highest BCUT2D eigenvalue weighted by molar-refractivity contribution is 6.36. The molecule has 1 aromatic rings. The molecule has 0 bridgehead atoms. The van der Waals surface area contributed by atoms with Crippen LogP contribution in [0.4, 0.5) is 0 Å². The third-order valence-electron chi connectivity index (χ3n) is 3.09. The molecule has 0 radical (unpaired) electrons. The molecule has 6 nitrogen and oxygen atoms in total. The van der Waals surface area contributed by atoms with Crippen LogP contribution < -0.4 is 10.6 Å². The molecule has 0 unspecified atom stereocenters. The molecule has 0 heterocycles. The summed E-state index contributed by atoms with van der Waals surface area (Å²) in [5.41, 5.74) is 0.224. The van der Waals surface area contributed by atoms with Crippen LogP contribution in [0.25, 0.3) is 0 Å². The van der Waals surface area contributed by atoms with E-state index in [1.165, 1.54) is 18.2 Å². The van der Waals surface area contributed by atoms with E-state index in [1.54, 1.807) is 11.9 Å². The lowest BCUT2D eigenvalue weighted by Crippen LogP contribution is -2.43. The van der Waals surface area contributed by atoms with Gasteiger partial charge in [0, 0.05) is 18.6 Å². The van der Waals surface area contributed by atoms with Crippen LogP contribution in [0.2, 0.25) is 10.0 Å². The fourth-order valence-electron chi connectivity index (χ4n) is 1.95. The smallest absolute Gasteiger partial charge is 0.253 e. The van der Waals surface area contributed by atoms with E-state index in [-0.39, 0.29) is 29.6 Å². The summed E-state index contributed by atoms with van der Waals surface area (Å²) in [6.45, 7) is 4.25. The summed E-state index contributed by atoms with van der Waals surface area (Å²) >= 11 is 11.7. The molecular weight excluding hydrogens is 353 g/mol. The lowest BCUT2D eigenvalue weighted by atomic mass is 10.2. The molecule has 0 spiro atoms. The van der Waals surface area contributed by atoms with Gasteiger partial charge in [-0.15, -0.1) is 0 Å². The first-order valence-electron chi connectivity index (χ1n) is 7.44. The Balaban J connectivity index is 2.40. The van der Waals surface area contributed by atoms with E-state index in [9.17, 15) is 14.4 Å². The maximum atomic E-state index is 12.0. The van der Waals surface area contributed by atoms with Gasteiger partial charge in [-0.05, 0) is 24.1 Å². The van der Waals surface area contributed by atoms with E-state index in [1.807, 2.05) is 13.8 Å². The molecule has 3 amide bonds. The Kier molecular flexibility index (Phi) is 8.01. The number of hydrogen-bond donors (Lipinski definition) is 2. The first kappa shape index (κ1) is 20.3. The second-order valence-corrected chi connectivity index (χ2v) is 6.60. The van der Waals surface area contributed by atoms with Gasteiger partial charge < -0.3 is 15.5 Å². The average molecular weight is 374 g/mol. The van der Waals surface area contributed by atoms with Gasteiger partial charge in [-0.2, -0.15) is 0 Å². The Hall–Kier alpha value is -1.79. The Morgan fingerprint density at radius 1 is 1.12 bits per heavy atom. The largest absolute Gasteiger partial charge is 0.345 e. The Morgan fingerprint density at radius 2 is 1.79 bits per heavy atom. The van der Waals surface area contributed by atoms with Crippen LogP contribution in [0.1, 0.15) is 24.2 Å². The molecule has 8 heteroatoms. The van der Waals surface area contributed by atoms with Crippen LogP contribution >= 0.6 is 23.2 Å². The average Bonchev–Trinajstić information content (AvgIpc) is 2.49. The highest BCUT2D eigenvalue weighted by Gasteiger charge is 2.14.